The van der Waals surface area contributed by atoms with Gasteiger partial charge in [0.2, 0.25) is 5.91 Å². The molecule has 0 bridgehead atoms. The van der Waals surface area contributed by atoms with Crippen molar-refractivity contribution in [3.63, 3.8) is 0 Å². The van der Waals surface area contributed by atoms with E-state index in [-0.39, 0.29) is 19.1 Å². The van der Waals surface area contributed by atoms with Gasteiger partial charge in [-0.25, -0.2) is 9.59 Å². The normalized spacial score (nSPS) is 14.1. The van der Waals surface area contributed by atoms with Gasteiger partial charge in [0.1, 0.15) is 12.6 Å². The third kappa shape index (κ3) is 5.23. The van der Waals surface area contributed by atoms with E-state index in [9.17, 15) is 14.4 Å². The molecule has 0 radical (unpaired) electrons. The van der Waals surface area contributed by atoms with Crippen molar-refractivity contribution in [3.05, 3.63) is 59.7 Å². The van der Waals surface area contributed by atoms with E-state index in [1.807, 2.05) is 43.3 Å². The summed E-state index contributed by atoms with van der Waals surface area (Å²) in [5, 5.41) is 14.3. The maximum atomic E-state index is 12.2. The molecule has 0 fully saturated rings. The molecule has 3 N–H and O–H groups in total. The van der Waals surface area contributed by atoms with Crippen LogP contribution in [0.1, 0.15) is 43.7 Å². The second-order valence-electron chi connectivity index (χ2n) is 7.80. The summed E-state index contributed by atoms with van der Waals surface area (Å²) in [4.78, 5) is 35.6. The number of aliphatic carboxylic acids is 1. The third-order valence-electron chi connectivity index (χ3n) is 5.54. The predicted octanol–water partition coefficient (Wildman–Crippen LogP) is 3.53. The Bertz CT molecular complexity index is 913. The van der Waals surface area contributed by atoms with E-state index in [0.717, 1.165) is 22.3 Å². The largest absolute Gasteiger partial charge is 0.480 e. The van der Waals surface area contributed by atoms with E-state index in [2.05, 4.69) is 22.8 Å². The molecule has 2 atom stereocenters. The third-order valence-corrected chi connectivity index (χ3v) is 5.54. The van der Waals surface area contributed by atoms with E-state index in [1.54, 1.807) is 6.92 Å². The van der Waals surface area contributed by atoms with Crippen LogP contribution in [0, 0.1) is 5.92 Å². The fourth-order valence-corrected chi connectivity index (χ4v) is 3.84. The van der Waals surface area contributed by atoms with Crippen LogP contribution in [0.4, 0.5) is 4.79 Å². The Kier molecular flexibility index (Phi) is 7.28. The summed E-state index contributed by atoms with van der Waals surface area (Å²) >= 11 is 0. The van der Waals surface area contributed by atoms with Crippen LogP contribution in [0.5, 0.6) is 0 Å². The molecule has 1 aliphatic carbocycles. The highest BCUT2D eigenvalue weighted by Crippen LogP contribution is 2.44. The number of hydrogen-bond acceptors (Lipinski definition) is 4. The zero-order chi connectivity index (χ0) is 22.4. The number of rotatable bonds is 9. The number of carboxylic acid groups (broad SMARTS) is 1. The molecule has 2 aromatic rings. The van der Waals surface area contributed by atoms with Gasteiger partial charge in [-0.1, -0.05) is 68.8 Å². The highest BCUT2D eigenvalue weighted by atomic mass is 16.5. The summed E-state index contributed by atoms with van der Waals surface area (Å²) in [7, 11) is 0. The van der Waals surface area contributed by atoms with Crippen LogP contribution in [0.15, 0.2) is 48.5 Å². The second-order valence-corrected chi connectivity index (χ2v) is 7.80. The first kappa shape index (κ1) is 22.3. The van der Waals surface area contributed by atoms with Crippen LogP contribution in [0.3, 0.4) is 0 Å². The number of carboxylic acids is 1. The fraction of sp³-hybridized carbons (Fsp3) is 0.375. The van der Waals surface area contributed by atoms with Crippen LogP contribution < -0.4 is 10.6 Å². The smallest absolute Gasteiger partial charge is 0.407 e. The van der Waals surface area contributed by atoms with Gasteiger partial charge in [0.05, 0.1) is 5.92 Å². The number of hydrogen-bond donors (Lipinski definition) is 3. The van der Waals surface area contributed by atoms with Gasteiger partial charge in [-0.2, -0.15) is 0 Å². The molecule has 2 aromatic carbocycles. The van der Waals surface area contributed by atoms with Gasteiger partial charge in [0.15, 0.2) is 0 Å². The van der Waals surface area contributed by atoms with Crippen molar-refractivity contribution in [2.24, 2.45) is 5.92 Å². The minimum atomic E-state index is -1.06. The molecule has 31 heavy (non-hydrogen) atoms. The van der Waals surface area contributed by atoms with E-state index in [4.69, 9.17) is 9.84 Å². The van der Waals surface area contributed by atoms with E-state index in [0.29, 0.717) is 12.8 Å². The SMILES string of the molecule is CCC[C@H](NC(=O)C(C)CNC(=O)OCC1c2ccccc2-c2ccccc21)C(=O)O. The number of fused-ring (bicyclic) bond motifs is 3. The first-order chi connectivity index (χ1) is 14.9. The summed E-state index contributed by atoms with van der Waals surface area (Å²) in [6.45, 7) is 3.73. The van der Waals surface area contributed by atoms with Crippen molar-refractivity contribution < 1.29 is 24.2 Å². The molecule has 7 heteroatoms. The summed E-state index contributed by atoms with van der Waals surface area (Å²) in [5.74, 6) is -2.10. The van der Waals surface area contributed by atoms with Crippen LogP contribution >= 0.6 is 0 Å². The number of carbonyl (C=O) groups is 3. The molecule has 7 nitrogen and oxygen atoms in total. The van der Waals surface area contributed by atoms with Gasteiger partial charge >= 0.3 is 12.1 Å². The number of nitrogens with one attached hydrogen (secondary N) is 2. The summed E-state index contributed by atoms with van der Waals surface area (Å²) in [6, 6.07) is 15.2. The molecule has 0 spiro atoms. The van der Waals surface area contributed by atoms with Crippen molar-refractivity contribution >= 4 is 18.0 Å². The van der Waals surface area contributed by atoms with Crippen LogP contribution in [-0.4, -0.2) is 42.3 Å². The molecule has 0 saturated carbocycles. The quantitative estimate of drug-likeness (QED) is 0.571. The van der Waals surface area contributed by atoms with E-state index < -0.39 is 29.9 Å². The van der Waals surface area contributed by atoms with Gasteiger partial charge < -0.3 is 20.5 Å². The van der Waals surface area contributed by atoms with E-state index in [1.165, 1.54) is 0 Å². The minimum absolute atomic E-state index is 0.0377. The van der Waals surface area contributed by atoms with Gasteiger partial charge in [0.25, 0.3) is 0 Å². The molecule has 164 valence electrons. The number of alkyl carbamates (subject to hydrolysis) is 1. The molecule has 3 rings (SSSR count). The summed E-state index contributed by atoms with van der Waals surface area (Å²) < 4.78 is 5.45. The van der Waals surface area contributed by atoms with Crippen molar-refractivity contribution in [2.75, 3.05) is 13.2 Å². The highest BCUT2D eigenvalue weighted by Gasteiger charge is 2.29. The molecule has 1 unspecified atom stereocenters. The van der Waals surface area contributed by atoms with Crippen LogP contribution in [0.2, 0.25) is 0 Å². The fourth-order valence-electron chi connectivity index (χ4n) is 3.84. The topological polar surface area (TPSA) is 105 Å². The molecule has 0 aromatic heterocycles. The Labute approximate surface area is 181 Å². The lowest BCUT2D eigenvalue weighted by atomic mass is 9.98. The average molecular weight is 424 g/mol. The number of carbonyl (C=O) groups excluding carboxylic acids is 2. The zero-order valence-electron chi connectivity index (χ0n) is 17.8. The Morgan fingerprint density at radius 2 is 1.61 bits per heavy atom. The highest BCUT2D eigenvalue weighted by molar-refractivity contribution is 5.85. The van der Waals surface area contributed by atoms with Crippen molar-refractivity contribution in [1.29, 1.82) is 0 Å². The standard InChI is InChI=1S/C24H28N2O5/c1-3-8-21(23(28)29)26-22(27)15(2)13-25-24(30)31-14-20-18-11-6-4-9-16(18)17-10-5-7-12-19(17)20/h4-7,9-12,15,20-21H,3,8,13-14H2,1-2H3,(H,25,30)(H,26,27)(H,28,29)/t15?,21-/m0/s1. The zero-order valence-corrected chi connectivity index (χ0v) is 17.8. The molecular weight excluding hydrogens is 396 g/mol. The maximum Gasteiger partial charge on any atom is 0.407 e. The summed E-state index contributed by atoms with van der Waals surface area (Å²) in [6.07, 6.45) is 0.391. The predicted molar refractivity (Wildman–Crippen MR) is 117 cm³/mol. The first-order valence-corrected chi connectivity index (χ1v) is 10.5. The molecule has 2 amide bonds. The number of amides is 2. The van der Waals surface area contributed by atoms with Crippen LogP contribution in [0.25, 0.3) is 11.1 Å². The number of ether oxygens (including phenoxy) is 1. The minimum Gasteiger partial charge on any atom is -0.480 e. The maximum absolute atomic E-state index is 12.2. The van der Waals surface area contributed by atoms with Crippen molar-refractivity contribution in [2.45, 2.75) is 38.6 Å². The molecule has 1 aliphatic rings. The van der Waals surface area contributed by atoms with Gasteiger partial charge in [0, 0.05) is 12.5 Å². The first-order valence-electron chi connectivity index (χ1n) is 10.5. The Balaban J connectivity index is 1.52. The molecule has 0 aliphatic heterocycles. The molecular formula is C24H28N2O5. The van der Waals surface area contributed by atoms with Crippen molar-refractivity contribution in [1.82, 2.24) is 10.6 Å². The average Bonchev–Trinajstić information content (AvgIpc) is 3.09. The number of benzene rings is 2. The van der Waals surface area contributed by atoms with Gasteiger partial charge in [-0.15, -0.1) is 0 Å². The lowest BCUT2D eigenvalue weighted by Gasteiger charge is -2.18. The summed E-state index contributed by atoms with van der Waals surface area (Å²) in [5.41, 5.74) is 4.55. The second kappa shape index (κ2) is 10.1. The van der Waals surface area contributed by atoms with Gasteiger partial charge in [-0.05, 0) is 28.7 Å². The van der Waals surface area contributed by atoms with E-state index >= 15 is 0 Å². The van der Waals surface area contributed by atoms with Crippen molar-refractivity contribution in [3.8, 4) is 11.1 Å². The molecule has 0 saturated heterocycles. The molecule has 0 heterocycles. The Morgan fingerprint density at radius 3 is 2.16 bits per heavy atom. The lowest BCUT2D eigenvalue weighted by Crippen LogP contribution is -2.45. The van der Waals surface area contributed by atoms with Crippen LogP contribution in [-0.2, 0) is 14.3 Å². The monoisotopic (exact) mass is 424 g/mol. The van der Waals surface area contributed by atoms with Gasteiger partial charge in [-0.3, -0.25) is 4.79 Å². The Hall–Kier alpha value is -3.35. The Morgan fingerprint density at radius 1 is 1.03 bits per heavy atom. The lowest BCUT2D eigenvalue weighted by molar-refractivity contribution is -0.142.